The molecular formula is C26H22O2. The van der Waals surface area contributed by atoms with E-state index in [-0.39, 0.29) is 6.29 Å². The lowest BCUT2D eigenvalue weighted by Gasteiger charge is -2.27. The van der Waals surface area contributed by atoms with Gasteiger partial charge in [-0.3, -0.25) is 0 Å². The van der Waals surface area contributed by atoms with Gasteiger partial charge >= 0.3 is 0 Å². The number of ether oxygens (including phenoxy) is 2. The molecule has 0 unspecified atom stereocenters. The van der Waals surface area contributed by atoms with Gasteiger partial charge in [0.15, 0.2) is 0 Å². The van der Waals surface area contributed by atoms with Gasteiger partial charge in [0.1, 0.15) is 5.75 Å². The monoisotopic (exact) mass is 366 g/mol. The van der Waals surface area contributed by atoms with E-state index in [0.717, 1.165) is 18.6 Å². The smallest absolute Gasteiger partial charge is 0.200 e. The second kappa shape index (κ2) is 7.49. The van der Waals surface area contributed by atoms with Crippen LogP contribution in [0.3, 0.4) is 0 Å². The first-order valence-corrected chi connectivity index (χ1v) is 9.80. The highest BCUT2D eigenvalue weighted by Crippen LogP contribution is 2.36. The fourth-order valence-corrected chi connectivity index (χ4v) is 3.90. The van der Waals surface area contributed by atoms with Crippen molar-refractivity contribution in [1.29, 1.82) is 0 Å². The van der Waals surface area contributed by atoms with Crippen LogP contribution in [0.25, 0.3) is 21.9 Å². The predicted octanol–water partition coefficient (Wildman–Crippen LogP) is 6.37. The van der Waals surface area contributed by atoms with Crippen molar-refractivity contribution in [1.82, 2.24) is 0 Å². The van der Waals surface area contributed by atoms with Crippen LogP contribution >= 0.6 is 0 Å². The van der Waals surface area contributed by atoms with Gasteiger partial charge in [0.2, 0.25) is 6.29 Å². The summed E-state index contributed by atoms with van der Waals surface area (Å²) in [6.07, 6.45) is 1.66. The van der Waals surface area contributed by atoms with Gasteiger partial charge in [0.05, 0.1) is 6.61 Å². The molecule has 0 spiro atoms. The van der Waals surface area contributed by atoms with Gasteiger partial charge in [0, 0.05) is 12.0 Å². The maximum absolute atomic E-state index is 6.15. The van der Waals surface area contributed by atoms with E-state index in [1.807, 2.05) is 18.2 Å². The highest BCUT2D eigenvalue weighted by Gasteiger charge is 2.22. The molecule has 1 atom stereocenters. The maximum atomic E-state index is 6.15. The summed E-state index contributed by atoms with van der Waals surface area (Å²) < 4.78 is 12.1. The molecule has 4 aromatic rings. The third kappa shape index (κ3) is 3.39. The molecule has 1 heterocycles. The number of benzene rings is 4. The Bertz CT molecular complexity index is 1090. The summed E-state index contributed by atoms with van der Waals surface area (Å²) in [5.74, 6) is 0.948. The van der Waals surface area contributed by atoms with Crippen LogP contribution in [0.1, 0.15) is 17.5 Å². The lowest BCUT2D eigenvalue weighted by Crippen LogP contribution is -2.25. The SMILES string of the molecule is c1ccc(CO[C@@H]2CCc3c(ccc4cc(-c5ccccc5)ccc34)O2)cc1. The van der Waals surface area contributed by atoms with Crippen LogP contribution in [-0.4, -0.2) is 6.29 Å². The fraction of sp³-hybridized carbons (Fsp3) is 0.154. The zero-order valence-electron chi connectivity index (χ0n) is 15.7. The van der Waals surface area contributed by atoms with E-state index in [2.05, 4.69) is 72.8 Å². The highest BCUT2D eigenvalue weighted by atomic mass is 16.7. The molecule has 0 saturated carbocycles. The predicted molar refractivity (Wildman–Crippen MR) is 113 cm³/mol. The minimum absolute atomic E-state index is 0.186. The molecule has 0 aliphatic carbocycles. The zero-order valence-corrected chi connectivity index (χ0v) is 15.7. The molecule has 1 aliphatic rings. The van der Waals surface area contributed by atoms with E-state index in [4.69, 9.17) is 9.47 Å². The standard InChI is InChI=1S/C26H22O2/c1-3-7-19(8-4-1)18-27-26-16-14-24-23-13-11-21(20-9-5-2-6-10-20)17-22(23)12-15-25(24)28-26/h1-13,15,17,26H,14,16,18H2/t26-/m0/s1. The number of fused-ring (bicyclic) bond motifs is 3. The van der Waals surface area contributed by atoms with Crippen molar-refractivity contribution in [2.24, 2.45) is 0 Å². The molecule has 5 rings (SSSR count). The van der Waals surface area contributed by atoms with E-state index in [1.54, 1.807) is 0 Å². The Morgan fingerprint density at radius 2 is 1.57 bits per heavy atom. The average molecular weight is 366 g/mol. The quantitative estimate of drug-likeness (QED) is 0.417. The van der Waals surface area contributed by atoms with Crippen LogP contribution in [-0.2, 0) is 17.8 Å². The summed E-state index contributed by atoms with van der Waals surface area (Å²) >= 11 is 0. The van der Waals surface area contributed by atoms with Crippen molar-refractivity contribution in [2.75, 3.05) is 0 Å². The van der Waals surface area contributed by atoms with Crippen LogP contribution in [0.5, 0.6) is 5.75 Å². The minimum Gasteiger partial charge on any atom is -0.465 e. The summed E-state index contributed by atoms with van der Waals surface area (Å²) in [7, 11) is 0. The van der Waals surface area contributed by atoms with E-state index in [1.165, 1.54) is 33.0 Å². The molecule has 0 amide bonds. The van der Waals surface area contributed by atoms with Crippen LogP contribution in [0.2, 0.25) is 0 Å². The third-order valence-corrected chi connectivity index (χ3v) is 5.36. The summed E-state index contributed by atoms with van der Waals surface area (Å²) in [5, 5.41) is 2.53. The summed E-state index contributed by atoms with van der Waals surface area (Å²) in [6.45, 7) is 0.578. The average Bonchev–Trinajstić information content (AvgIpc) is 2.78. The molecule has 2 heteroatoms. The molecular weight excluding hydrogens is 344 g/mol. The highest BCUT2D eigenvalue weighted by molar-refractivity contribution is 5.91. The first kappa shape index (κ1) is 17.0. The Morgan fingerprint density at radius 3 is 2.39 bits per heavy atom. The molecule has 1 aliphatic heterocycles. The van der Waals surface area contributed by atoms with Gasteiger partial charge < -0.3 is 9.47 Å². The largest absolute Gasteiger partial charge is 0.465 e. The molecule has 0 radical (unpaired) electrons. The Hall–Kier alpha value is -3.10. The molecule has 0 bridgehead atoms. The molecule has 0 aromatic heterocycles. The van der Waals surface area contributed by atoms with E-state index in [9.17, 15) is 0 Å². The molecule has 0 fully saturated rings. The normalized spacial score (nSPS) is 15.8. The van der Waals surface area contributed by atoms with Gasteiger partial charge in [0.25, 0.3) is 0 Å². The van der Waals surface area contributed by atoms with Crippen molar-refractivity contribution < 1.29 is 9.47 Å². The number of hydrogen-bond acceptors (Lipinski definition) is 2. The third-order valence-electron chi connectivity index (χ3n) is 5.36. The molecule has 0 saturated heterocycles. The van der Waals surface area contributed by atoms with Gasteiger partial charge in [-0.1, -0.05) is 78.9 Å². The molecule has 4 aromatic carbocycles. The van der Waals surface area contributed by atoms with Crippen molar-refractivity contribution in [2.45, 2.75) is 25.7 Å². The Kier molecular flexibility index (Phi) is 4.56. The van der Waals surface area contributed by atoms with Crippen molar-refractivity contribution in [3.8, 4) is 16.9 Å². The van der Waals surface area contributed by atoms with Crippen molar-refractivity contribution >= 4 is 10.8 Å². The lowest BCUT2D eigenvalue weighted by molar-refractivity contribution is -0.0993. The Morgan fingerprint density at radius 1 is 0.786 bits per heavy atom. The van der Waals surface area contributed by atoms with Gasteiger partial charge in [-0.2, -0.15) is 0 Å². The summed E-state index contributed by atoms with van der Waals surface area (Å²) in [5.41, 5.74) is 4.95. The number of aryl methyl sites for hydroxylation is 1. The van der Waals surface area contributed by atoms with Crippen molar-refractivity contribution in [3.05, 3.63) is 102 Å². The Balaban J connectivity index is 1.37. The second-order valence-electron chi connectivity index (χ2n) is 7.23. The molecule has 0 N–H and O–H groups in total. The zero-order chi connectivity index (χ0) is 18.8. The molecule has 138 valence electrons. The van der Waals surface area contributed by atoms with E-state index < -0.39 is 0 Å². The topological polar surface area (TPSA) is 18.5 Å². The van der Waals surface area contributed by atoms with Crippen LogP contribution in [0.15, 0.2) is 91.0 Å². The van der Waals surface area contributed by atoms with Crippen LogP contribution in [0.4, 0.5) is 0 Å². The summed E-state index contributed by atoms with van der Waals surface area (Å²) in [6, 6.07) is 31.7. The maximum Gasteiger partial charge on any atom is 0.200 e. The molecule has 28 heavy (non-hydrogen) atoms. The number of rotatable bonds is 4. The molecule has 2 nitrogen and oxygen atoms in total. The first-order valence-electron chi connectivity index (χ1n) is 9.80. The first-order chi connectivity index (χ1) is 13.9. The van der Waals surface area contributed by atoms with Gasteiger partial charge in [-0.15, -0.1) is 0 Å². The van der Waals surface area contributed by atoms with Gasteiger partial charge in [-0.25, -0.2) is 0 Å². The number of hydrogen-bond donors (Lipinski definition) is 0. The second-order valence-corrected chi connectivity index (χ2v) is 7.23. The Labute approximate surface area is 165 Å². The van der Waals surface area contributed by atoms with Crippen LogP contribution < -0.4 is 4.74 Å². The lowest BCUT2D eigenvalue weighted by atomic mass is 9.95. The van der Waals surface area contributed by atoms with Gasteiger partial charge in [-0.05, 0) is 46.0 Å². The van der Waals surface area contributed by atoms with Crippen LogP contribution in [0, 0.1) is 0 Å². The van der Waals surface area contributed by atoms with Crippen molar-refractivity contribution in [3.63, 3.8) is 0 Å². The summed E-state index contributed by atoms with van der Waals surface area (Å²) in [4.78, 5) is 0. The van der Waals surface area contributed by atoms with E-state index >= 15 is 0 Å². The minimum atomic E-state index is -0.186. The van der Waals surface area contributed by atoms with E-state index in [0.29, 0.717) is 6.61 Å². The fourth-order valence-electron chi connectivity index (χ4n) is 3.90.